The van der Waals surface area contributed by atoms with Crippen LogP contribution >= 0.6 is 11.3 Å². The molecule has 1 aromatic carbocycles. The number of urea groups is 1. The second-order valence-corrected chi connectivity index (χ2v) is 6.66. The molecule has 0 aliphatic heterocycles. The third kappa shape index (κ3) is 3.70. The van der Waals surface area contributed by atoms with E-state index in [1.165, 1.54) is 34.4 Å². The summed E-state index contributed by atoms with van der Waals surface area (Å²) < 4.78 is 13.9. The highest BCUT2D eigenvalue weighted by Crippen LogP contribution is 2.30. The number of carbonyl (C=O) groups excluding carboxylic acids is 2. The molecule has 0 radical (unpaired) electrons. The summed E-state index contributed by atoms with van der Waals surface area (Å²) in [6.07, 6.45) is 2.89. The van der Waals surface area contributed by atoms with E-state index >= 15 is 0 Å². The van der Waals surface area contributed by atoms with Gasteiger partial charge in [0.15, 0.2) is 5.13 Å². The summed E-state index contributed by atoms with van der Waals surface area (Å²) in [6, 6.07) is 4.31. The first-order valence-electron chi connectivity index (χ1n) is 7.61. The Labute approximate surface area is 142 Å². The van der Waals surface area contributed by atoms with Crippen molar-refractivity contribution in [2.45, 2.75) is 31.7 Å². The number of amides is 3. The Kier molecular flexibility index (Phi) is 4.75. The summed E-state index contributed by atoms with van der Waals surface area (Å²) in [6.45, 7) is 0. The van der Waals surface area contributed by atoms with Crippen LogP contribution in [0.4, 0.5) is 14.3 Å². The Bertz CT molecular complexity index is 756. The quantitative estimate of drug-likeness (QED) is 0.774. The molecule has 4 N–H and O–H groups in total. The zero-order valence-corrected chi connectivity index (χ0v) is 13.7. The van der Waals surface area contributed by atoms with Crippen molar-refractivity contribution in [2.24, 2.45) is 5.73 Å². The lowest BCUT2D eigenvalue weighted by molar-refractivity contribution is -0.116. The highest BCUT2D eigenvalue weighted by Gasteiger charge is 2.22. The van der Waals surface area contributed by atoms with Gasteiger partial charge in [-0.2, -0.15) is 0 Å². The first kappa shape index (κ1) is 16.4. The van der Waals surface area contributed by atoms with Gasteiger partial charge in [0.05, 0.1) is 18.2 Å². The molecule has 0 saturated carbocycles. The van der Waals surface area contributed by atoms with Crippen LogP contribution in [0.25, 0.3) is 0 Å². The molecular weight excluding hydrogens is 331 g/mol. The Balaban J connectivity index is 1.70. The third-order valence-corrected chi connectivity index (χ3v) is 4.90. The molecular formula is C16H17FN4O2S. The number of nitrogens with two attached hydrogens (primary N) is 1. The van der Waals surface area contributed by atoms with E-state index < -0.39 is 17.9 Å². The average molecular weight is 348 g/mol. The molecule has 0 fully saturated rings. The standard InChI is InChI=1S/C16H17FN4O2S/c17-10-5-2-1-4-9(10)12(19-15(18)23)8-14(22)21-16-20-11-6-3-7-13(11)24-16/h1-2,4-5,12H,3,6-8H2,(H3,18,19,23)(H,20,21,22). The van der Waals surface area contributed by atoms with E-state index in [1.807, 2.05) is 0 Å². The summed E-state index contributed by atoms with van der Waals surface area (Å²) >= 11 is 1.46. The lowest BCUT2D eigenvalue weighted by Gasteiger charge is -2.18. The van der Waals surface area contributed by atoms with E-state index in [0.717, 1.165) is 25.0 Å². The number of fused-ring (bicyclic) bond motifs is 1. The summed E-state index contributed by atoms with van der Waals surface area (Å²) in [5, 5.41) is 5.67. The Morgan fingerprint density at radius 3 is 2.83 bits per heavy atom. The number of hydrogen-bond acceptors (Lipinski definition) is 4. The number of anilines is 1. The smallest absolute Gasteiger partial charge is 0.312 e. The van der Waals surface area contributed by atoms with Gasteiger partial charge in [-0.15, -0.1) is 11.3 Å². The molecule has 2 aromatic rings. The molecule has 0 bridgehead atoms. The van der Waals surface area contributed by atoms with Crippen LogP contribution in [0.15, 0.2) is 24.3 Å². The predicted octanol–water partition coefficient (Wildman–Crippen LogP) is 2.51. The van der Waals surface area contributed by atoms with Gasteiger partial charge in [-0.1, -0.05) is 18.2 Å². The largest absolute Gasteiger partial charge is 0.352 e. The molecule has 1 unspecified atom stereocenters. The molecule has 1 aliphatic rings. The molecule has 1 aliphatic carbocycles. The number of aryl methyl sites for hydroxylation is 2. The van der Waals surface area contributed by atoms with Crippen LogP contribution in [0.2, 0.25) is 0 Å². The highest BCUT2D eigenvalue weighted by atomic mass is 32.1. The summed E-state index contributed by atoms with van der Waals surface area (Å²) in [5.74, 6) is -0.860. The summed E-state index contributed by atoms with van der Waals surface area (Å²) in [7, 11) is 0. The van der Waals surface area contributed by atoms with Crippen LogP contribution in [0.5, 0.6) is 0 Å². The first-order chi connectivity index (χ1) is 11.5. The molecule has 1 aromatic heterocycles. The fourth-order valence-electron chi connectivity index (χ4n) is 2.77. The van der Waals surface area contributed by atoms with Crippen LogP contribution in [0.1, 0.15) is 35.0 Å². The number of aromatic nitrogens is 1. The van der Waals surface area contributed by atoms with E-state index in [9.17, 15) is 14.0 Å². The van der Waals surface area contributed by atoms with Crippen molar-refractivity contribution < 1.29 is 14.0 Å². The summed E-state index contributed by atoms with van der Waals surface area (Å²) in [4.78, 5) is 29.0. The number of rotatable bonds is 5. The molecule has 0 saturated heterocycles. The molecule has 3 amide bonds. The van der Waals surface area contributed by atoms with E-state index in [2.05, 4.69) is 15.6 Å². The predicted molar refractivity (Wildman–Crippen MR) is 89.2 cm³/mol. The molecule has 8 heteroatoms. The Morgan fingerprint density at radius 1 is 1.33 bits per heavy atom. The van der Waals surface area contributed by atoms with Crippen molar-refractivity contribution in [3.63, 3.8) is 0 Å². The Hall–Kier alpha value is -2.48. The zero-order valence-electron chi connectivity index (χ0n) is 12.8. The maximum Gasteiger partial charge on any atom is 0.312 e. The normalized spacial score (nSPS) is 14.0. The van der Waals surface area contributed by atoms with Crippen molar-refractivity contribution in [1.29, 1.82) is 0 Å². The third-order valence-electron chi connectivity index (χ3n) is 3.83. The minimum atomic E-state index is -0.837. The van der Waals surface area contributed by atoms with Crippen molar-refractivity contribution in [3.05, 3.63) is 46.2 Å². The number of hydrogen-bond donors (Lipinski definition) is 3. The maximum absolute atomic E-state index is 13.9. The van der Waals surface area contributed by atoms with E-state index in [4.69, 9.17) is 5.73 Å². The van der Waals surface area contributed by atoms with Gasteiger partial charge in [0, 0.05) is 10.4 Å². The van der Waals surface area contributed by atoms with Crippen LogP contribution in [0.3, 0.4) is 0 Å². The van der Waals surface area contributed by atoms with Crippen molar-refractivity contribution in [3.8, 4) is 0 Å². The number of halogens is 1. The molecule has 0 spiro atoms. The van der Waals surface area contributed by atoms with Gasteiger partial charge in [-0.3, -0.25) is 4.79 Å². The number of carbonyl (C=O) groups is 2. The maximum atomic E-state index is 13.9. The van der Waals surface area contributed by atoms with Crippen molar-refractivity contribution in [1.82, 2.24) is 10.3 Å². The molecule has 1 heterocycles. The zero-order chi connectivity index (χ0) is 17.1. The molecule has 3 rings (SSSR count). The average Bonchev–Trinajstić information content (AvgIpc) is 3.07. The fraction of sp³-hybridized carbons (Fsp3) is 0.312. The lowest BCUT2D eigenvalue weighted by atomic mass is 10.0. The molecule has 6 nitrogen and oxygen atoms in total. The van der Waals surface area contributed by atoms with Gasteiger partial charge in [-0.05, 0) is 25.3 Å². The number of primary amides is 1. The van der Waals surface area contributed by atoms with Crippen molar-refractivity contribution >= 4 is 28.4 Å². The number of nitrogens with one attached hydrogen (secondary N) is 2. The van der Waals surface area contributed by atoms with E-state index in [1.54, 1.807) is 6.07 Å². The highest BCUT2D eigenvalue weighted by molar-refractivity contribution is 7.15. The molecule has 126 valence electrons. The lowest BCUT2D eigenvalue weighted by Crippen LogP contribution is -2.35. The number of thiazole rings is 1. The van der Waals surface area contributed by atoms with Crippen molar-refractivity contribution in [2.75, 3.05) is 5.32 Å². The Morgan fingerprint density at radius 2 is 2.12 bits per heavy atom. The second kappa shape index (κ2) is 6.96. The van der Waals surface area contributed by atoms with Gasteiger partial charge in [0.1, 0.15) is 5.82 Å². The van der Waals surface area contributed by atoms with Crippen LogP contribution in [0, 0.1) is 5.82 Å². The SMILES string of the molecule is NC(=O)NC(CC(=O)Nc1nc2c(s1)CCC2)c1ccccc1F. The first-order valence-corrected chi connectivity index (χ1v) is 8.43. The topological polar surface area (TPSA) is 97.1 Å². The van der Waals surface area contributed by atoms with Gasteiger partial charge in [0.25, 0.3) is 0 Å². The monoisotopic (exact) mass is 348 g/mol. The van der Waals surface area contributed by atoms with Crippen LogP contribution in [-0.2, 0) is 17.6 Å². The van der Waals surface area contributed by atoms with Crippen LogP contribution in [-0.4, -0.2) is 16.9 Å². The minimum Gasteiger partial charge on any atom is -0.352 e. The van der Waals surface area contributed by atoms with Gasteiger partial charge in [0.2, 0.25) is 5.91 Å². The summed E-state index contributed by atoms with van der Waals surface area (Å²) in [5.41, 5.74) is 6.40. The molecule has 1 atom stereocenters. The van der Waals surface area contributed by atoms with E-state index in [-0.39, 0.29) is 17.9 Å². The van der Waals surface area contributed by atoms with Gasteiger partial charge in [-0.25, -0.2) is 14.2 Å². The second-order valence-electron chi connectivity index (χ2n) is 5.58. The minimum absolute atomic E-state index is 0.131. The van der Waals surface area contributed by atoms with Crippen LogP contribution < -0.4 is 16.4 Å². The van der Waals surface area contributed by atoms with E-state index in [0.29, 0.717) is 5.13 Å². The van der Waals surface area contributed by atoms with Gasteiger partial charge >= 0.3 is 6.03 Å². The number of benzene rings is 1. The fourth-order valence-corrected chi connectivity index (χ4v) is 3.83. The number of nitrogens with zero attached hydrogens (tertiary/aromatic N) is 1. The van der Waals surface area contributed by atoms with Gasteiger partial charge < -0.3 is 16.4 Å². The molecule has 24 heavy (non-hydrogen) atoms.